The minimum absolute atomic E-state index is 0. The molecule has 0 aromatic carbocycles. The van der Waals surface area contributed by atoms with Crippen LogP contribution in [0.1, 0.15) is 36.7 Å². The Bertz CT molecular complexity index is 729. The molecule has 0 saturated carbocycles. The molecule has 1 N–H and O–H groups in total. The van der Waals surface area contributed by atoms with Gasteiger partial charge in [-0.25, -0.2) is 0 Å². The quantitative estimate of drug-likeness (QED) is 0.0942. The highest BCUT2D eigenvalue weighted by Crippen LogP contribution is 2.19. The van der Waals surface area contributed by atoms with E-state index in [0.717, 1.165) is 5.56 Å². The molecule has 2 rings (SSSR count). The van der Waals surface area contributed by atoms with Crippen molar-refractivity contribution in [2.24, 2.45) is 10.6 Å². The third kappa shape index (κ3) is 7.62. The van der Waals surface area contributed by atoms with Crippen LogP contribution in [0.5, 0.6) is 0 Å². The summed E-state index contributed by atoms with van der Waals surface area (Å²) in [5.74, 6) is 0.104. The summed E-state index contributed by atoms with van der Waals surface area (Å²) in [6.45, 7) is 6.44. The number of pyridine rings is 2. The molecule has 0 unspecified atom stereocenters. The van der Waals surface area contributed by atoms with Gasteiger partial charge in [-0.1, -0.05) is 25.9 Å². The minimum atomic E-state index is -0.407. The zero-order valence-electron chi connectivity index (χ0n) is 15.0. The second-order valence-corrected chi connectivity index (χ2v) is 6.54. The monoisotopic (exact) mass is 583 g/mol. The summed E-state index contributed by atoms with van der Waals surface area (Å²) in [7, 11) is 0. The molecule has 0 radical (unpaired) electrons. The molecule has 0 atom stereocenters. The first kappa shape index (κ1) is 24.9. The molecule has 0 amide bonds. The predicted octanol–water partition coefficient (Wildman–Crippen LogP) is -4.06. The highest BCUT2D eigenvalue weighted by atomic mass is 127. The van der Waals surface area contributed by atoms with E-state index in [1.165, 1.54) is 6.21 Å². The number of halogens is 2. The number of ether oxygens (including phenoxy) is 1. The predicted molar refractivity (Wildman–Crippen MR) is 87.5 cm³/mol. The summed E-state index contributed by atoms with van der Waals surface area (Å²) in [6.07, 6.45) is 8.70. The van der Waals surface area contributed by atoms with Gasteiger partial charge in [0.15, 0.2) is 30.6 Å². The molecule has 26 heavy (non-hydrogen) atoms. The number of Topliss-reactive ketones (excluding diaryl/α,β-unsaturated/α-hetero) is 1. The van der Waals surface area contributed by atoms with Gasteiger partial charge in [0.05, 0.1) is 11.8 Å². The molecule has 2 aromatic heterocycles. The summed E-state index contributed by atoms with van der Waals surface area (Å²) >= 11 is 0. The normalized spacial score (nSPS) is 10.9. The lowest BCUT2D eigenvalue weighted by Gasteiger charge is -2.15. The Morgan fingerprint density at radius 2 is 1.73 bits per heavy atom. The number of ketones is 1. The van der Waals surface area contributed by atoms with Crippen LogP contribution in [-0.4, -0.2) is 17.2 Å². The Labute approximate surface area is 187 Å². The zero-order chi connectivity index (χ0) is 17.6. The van der Waals surface area contributed by atoms with Crippen molar-refractivity contribution in [1.29, 1.82) is 0 Å². The molecule has 8 heteroatoms. The van der Waals surface area contributed by atoms with Gasteiger partial charge in [-0.3, -0.25) is 9.53 Å². The molecule has 6 nitrogen and oxygen atoms in total. The maximum atomic E-state index is 12.3. The average molecular weight is 583 g/mol. The number of hydrogen-bond donors (Lipinski definition) is 1. The van der Waals surface area contributed by atoms with Gasteiger partial charge in [-0.2, -0.15) is 9.13 Å². The fraction of sp³-hybridized carbons (Fsp3) is 0.333. The van der Waals surface area contributed by atoms with E-state index in [1.54, 1.807) is 6.20 Å². The Morgan fingerprint density at radius 3 is 2.31 bits per heavy atom. The Kier molecular flexibility index (Phi) is 11.0. The number of nitrogens with zero attached hydrogens (tertiary/aromatic N) is 3. The molecule has 0 fully saturated rings. The summed E-state index contributed by atoms with van der Waals surface area (Å²) in [5, 5.41) is 11.5. The van der Waals surface area contributed by atoms with Crippen LogP contribution >= 0.6 is 0 Å². The fourth-order valence-electron chi connectivity index (χ4n) is 2.13. The van der Waals surface area contributed by atoms with Gasteiger partial charge in [0.2, 0.25) is 0 Å². The summed E-state index contributed by atoms with van der Waals surface area (Å²) in [6, 6.07) is 7.30. The van der Waals surface area contributed by atoms with E-state index >= 15 is 0 Å². The van der Waals surface area contributed by atoms with Gasteiger partial charge in [-0.15, -0.1) is 0 Å². The largest absolute Gasteiger partial charge is 1.00 e. The van der Waals surface area contributed by atoms with Crippen LogP contribution in [0, 0.1) is 5.41 Å². The molecule has 0 aliphatic rings. The maximum absolute atomic E-state index is 12.3. The van der Waals surface area contributed by atoms with Crippen molar-refractivity contribution >= 4 is 12.0 Å². The fourth-order valence-corrected chi connectivity index (χ4v) is 2.13. The molecule has 0 bridgehead atoms. The molecule has 142 valence electrons. The molecule has 0 aliphatic heterocycles. The number of oxime groups is 1. The number of hydrogen-bond acceptors (Lipinski definition) is 4. The Morgan fingerprint density at radius 1 is 1.12 bits per heavy atom. The lowest BCUT2D eigenvalue weighted by molar-refractivity contribution is -0.788. The van der Waals surface area contributed by atoms with E-state index in [-0.39, 0.29) is 53.7 Å². The van der Waals surface area contributed by atoms with Gasteiger partial charge in [0, 0.05) is 29.2 Å². The van der Waals surface area contributed by atoms with Crippen molar-refractivity contribution in [3.8, 4) is 0 Å². The smallest absolute Gasteiger partial charge is 0.257 e. The number of rotatable bonds is 6. The summed E-state index contributed by atoms with van der Waals surface area (Å²) in [5.41, 5.74) is 1.07. The van der Waals surface area contributed by atoms with E-state index in [4.69, 9.17) is 9.94 Å². The van der Waals surface area contributed by atoms with Crippen LogP contribution in [0.2, 0.25) is 0 Å². The lowest BCUT2D eigenvalue weighted by Crippen LogP contribution is -3.00. The van der Waals surface area contributed by atoms with Crippen molar-refractivity contribution in [3.63, 3.8) is 0 Å². The SMILES string of the molecule is CC(C)(C)C(=O)c1ccc[n+](COC[n+]2ccc(/C=N\O)cc2)c1.[I-].[I-]. The van der Waals surface area contributed by atoms with Crippen molar-refractivity contribution in [2.45, 2.75) is 34.2 Å². The van der Waals surface area contributed by atoms with Crippen LogP contribution in [0.4, 0.5) is 0 Å². The zero-order valence-corrected chi connectivity index (χ0v) is 19.3. The van der Waals surface area contributed by atoms with Crippen LogP contribution in [0.15, 0.2) is 54.2 Å². The number of carbonyl (C=O) groups is 1. The minimum Gasteiger partial charge on any atom is -1.00 e. The molecule has 0 aliphatic carbocycles. The van der Waals surface area contributed by atoms with Gasteiger partial charge >= 0.3 is 0 Å². The van der Waals surface area contributed by atoms with Crippen LogP contribution in [0.25, 0.3) is 0 Å². The first-order valence-corrected chi connectivity index (χ1v) is 7.68. The highest BCUT2D eigenvalue weighted by Gasteiger charge is 2.24. The first-order valence-electron chi connectivity index (χ1n) is 7.68. The summed E-state index contributed by atoms with van der Waals surface area (Å²) < 4.78 is 9.36. The van der Waals surface area contributed by atoms with Gasteiger partial charge in [-0.05, 0) is 6.07 Å². The molecular weight excluding hydrogens is 560 g/mol. The lowest BCUT2D eigenvalue weighted by atomic mass is 9.87. The molecule has 0 saturated heterocycles. The van der Waals surface area contributed by atoms with Gasteiger partial charge in [0.1, 0.15) is 0 Å². The van der Waals surface area contributed by atoms with Crippen LogP contribution in [-0.2, 0) is 18.2 Å². The summed E-state index contributed by atoms with van der Waals surface area (Å²) in [4.78, 5) is 12.3. The van der Waals surface area contributed by atoms with E-state index < -0.39 is 5.41 Å². The Balaban J connectivity index is 0.00000312. The number of carbonyl (C=O) groups excluding carboxylic acids is 1. The Hall–Kier alpha value is -1.14. The molecule has 2 aromatic rings. The van der Waals surface area contributed by atoms with Crippen molar-refractivity contribution < 1.29 is 71.8 Å². The molecule has 0 spiro atoms. The van der Waals surface area contributed by atoms with Gasteiger partial charge in [0.25, 0.3) is 13.5 Å². The van der Waals surface area contributed by atoms with Crippen molar-refractivity contribution in [2.75, 3.05) is 0 Å². The van der Waals surface area contributed by atoms with E-state index in [9.17, 15) is 4.79 Å². The van der Waals surface area contributed by atoms with Crippen molar-refractivity contribution in [1.82, 2.24) is 0 Å². The topological polar surface area (TPSA) is 66.7 Å². The van der Waals surface area contributed by atoms with Crippen LogP contribution < -0.4 is 57.1 Å². The maximum Gasteiger partial charge on any atom is 0.257 e. The van der Waals surface area contributed by atoms with Crippen LogP contribution in [0.3, 0.4) is 0 Å². The standard InChI is InChI=1S/C18H22N3O3.2HI/c1-18(2,3)17(22)16-5-4-8-21(12-16)14-24-13-20-9-6-15(7-10-20)11-19-23;;/h4-12H,13-14H2,1-3H3;2*1H/q+1;;/p-1. The van der Waals surface area contributed by atoms with E-state index in [0.29, 0.717) is 19.0 Å². The van der Waals surface area contributed by atoms with E-state index in [1.807, 2.05) is 72.8 Å². The second kappa shape index (κ2) is 11.5. The molecule has 2 heterocycles. The molecular formula is C18H23I2N3O3. The first-order chi connectivity index (χ1) is 11.4. The van der Waals surface area contributed by atoms with E-state index in [2.05, 4.69) is 5.16 Å². The van der Waals surface area contributed by atoms with Crippen molar-refractivity contribution in [3.05, 3.63) is 60.2 Å². The third-order valence-corrected chi connectivity index (χ3v) is 3.41. The number of aromatic nitrogens is 2. The third-order valence-electron chi connectivity index (χ3n) is 3.41. The highest BCUT2D eigenvalue weighted by molar-refractivity contribution is 5.99. The average Bonchev–Trinajstić information content (AvgIpc) is 2.55. The van der Waals surface area contributed by atoms with Gasteiger partial charge < -0.3 is 53.2 Å². The second-order valence-electron chi connectivity index (χ2n) is 6.54.